The molecule has 0 spiro atoms. The summed E-state index contributed by atoms with van der Waals surface area (Å²) in [6.45, 7) is 7.96. The first-order valence-corrected chi connectivity index (χ1v) is 12.1. The summed E-state index contributed by atoms with van der Waals surface area (Å²) in [5.74, 6) is 0.934. The van der Waals surface area contributed by atoms with E-state index in [-0.39, 0.29) is 24.3 Å². The molecule has 3 amide bonds. The zero-order valence-corrected chi connectivity index (χ0v) is 20.4. The summed E-state index contributed by atoms with van der Waals surface area (Å²) in [5, 5.41) is 12.9. The van der Waals surface area contributed by atoms with Crippen molar-refractivity contribution in [1.82, 2.24) is 26.1 Å². The van der Waals surface area contributed by atoms with Crippen molar-refractivity contribution in [2.75, 3.05) is 13.2 Å². The molecule has 10 heteroatoms. The van der Waals surface area contributed by atoms with Crippen molar-refractivity contribution in [3.05, 3.63) is 11.7 Å². The predicted molar refractivity (Wildman–Crippen MR) is 122 cm³/mol. The second kappa shape index (κ2) is 13.2. The van der Waals surface area contributed by atoms with E-state index in [0.717, 1.165) is 44.9 Å². The van der Waals surface area contributed by atoms with Gasteiger partial charge in [-0.1, -0.05) is 44.7 Å². The highest BCUT2D eigenvalue weighted by Crippen LogP contribution is 2.34. The van der Waals surface area contributed by atoms with Crippen molar-refractivity contribution >= 4 is 17.9 Å². The Balaban J connectivity index is 1.90. The molecule has 1 heterocycles. The number of alkyl carbamates (subject to hydrolysis) is 1. The molecule has 1 aliphatic rings. The molecule has 0 saturated heterocycles. The molecule has 10 nitrogen and oxygen atoms in total. The summed E-state index contributed by atoms with van der Waals surface area (Å²) in [6.07, 6.45) is 6.49. The van der Waals surface area contributed by atoms with E-state index >= 15 is 0 Å². The molecule has 1 aromatic heterocycles. The number of hydrogen-bond donors (Lipinski definition) is 3. The van der Waals surface area contributed by atoms with Gasteiger partial charge in [0.2, 0.25) is 17.7 Å². The fourth-order valence-corrected chi connectivity index (χ4v) is 4.27. The van der Waals surface area contributed by atoms with Crippen molar-refractivity contribution in [2.24, 2.45) is 5.92 Å². The molecule has 1 aromatic rings. The van der Waals surface area contributed by atoms with Crippen LogP contribution in [0.25, 0.3) is 0 Å². The molecule has 1 aliphatic carbocycles. The van der Waals surface area contributed by atoms with Crippen LogP contribution in [0.1, 0.15) is 90.8 Å². The third kappa shape index (κ3) is 9.01. The van der Waals surface area contributed by atoms with E-state index < -0.39 is 11.6 Å². The summed E-state index contributed by atoms with van der Waals surface area (Å²) < 4.78 is 10.3. The fourth-order valence-electron chi connectivity index (χ4n) is 4.27. The lowest BCUT2D eigenvalue weighted by Crippen LogP contribution is -2.45. The van der Waals surface area contributed by atoms with Gasteiger partial charge in [0, 0.05) is 32.4 Å². The van der Waals surface area contributed by atoms with E-state index in [2.05, 4.69) is 39.9 Å². The van der Waals surface area contributed by atoms with Crippen molar-refractivity contribution in [3.8, 4) is 0 Å². The van der Waals surface area contributed by atoms with Gasteiger partial charge in [0.15, 0.2) is 5.82 Å². The maximum absolute atomic E-state index is 12.4. The second-order valence-electron chi connectivity index (χ2n) is 9.18. The van der Waals surface area contributed by atoms with Crippen LogP contribution in [0.15, 0.2) is 4.52 Å². The minimum Gasteiger partial charge on any atom is -0.450 e. The smallest absolute Gasteiger partial charge is 0.407 e. The Morgan fingerprint density at radius 1 is 1.15 bits per heavy atom. The number of nitrogens with one attached hydrogen (secondary N) is 3. The summed E-state index contributed by atoms with van der Waals surface area (Å²) in [6, 6.07) is -0.212. The SMILES string of the molecule is CCOC(=O)NC(CNC(=O)CCc1nc(C2(NC(C)=O)CCCCCC2)no1)CC(C)C. The number of nitrogens with zero attached hydrogens (tertiary/aromatic N) is 2. The number of aryl methyl sites for hydroxylation is 1. The quantitative estimate of drug-likeness (QED) is 0.428. The number of carbonyl (C=O) groups excluding carboxylic acids is 3. The summed E-state index contributed by atoms with van der Waals surface area (Å²) in [5.41, 5.74) is -0.602. The van der Waals surface area contributed by atoms with Gasteiger partial charge in [-0.15, -0.1) is 0 Å². The standard InChI is InChI=1S/C23H39N5O5/c1-5-32-22(31)25-18(14-16(2)3)15-24-19(30)10-11-20-26-21(28-33-20)23(27-17(4)29)12-8-6-7-9-13-23/h16,18H,5-15H2,1-4H3,(H,24,30)(H,25,31)(H,27,29). The Bertz CT molecular complexity index is 771. The van der Waals surface area contributed by atoms with Crippen LogP contribution >= 0.6 is 0 Å². The molecule has 3 N–H and O–H groups in total. The van der Waals surface area contributed by atoms with Gasteiger partial charge in [0.25, 0.3) is 0 Å². The zero-order chi connectivity index (χ0) is 24.3. The van der Waals surface area contributed by atoms with Gasteiger partial charge in [0.05, 0.1) is 6.61 Å². The highest BCUT2D eigenvalue weighted by Gasteiger charge is 2.38. The predicted octanol–water partition coefficient (Wildman–Crippen LogP) is 2.96. The van der Waals surface area contributed by atoms with E-state index in [1.165, 1.54) is 6.92 Å². The number of carbonyl (C=O) groups is 3. The first-order chi connectivity index (χ1) is 15.7. The number of amides is 3. The Morgan fingerprint density at radius 3 is 2.45 bits per heavy atom. The first-order valence-electron chi connectivity index (χ1n) is 12.1. The molecule has 1 fully saturated rings. The van der Waals surface area contributed by atoms with Gasteiger partial charge in [-0.2, -0.15) is 4.98 Å². The van der Waals surface area contributed by atoms with Crippen LogP contribution in [0.4, 0.5) is 4.79 Å². The third-order valence-corrected chi connectivity index (χ3v) is 5.73. The second-order valence-corrected chi connectivity index (χ2v) is 9.18. The van der Waals surface area contributed by atoms with Crippen molar-refractivity contribution in [1.29, 1.82) is 0 Å². The molecule has 0 bridgehead atoms. The summed E-state index contributed by atoms with van der Waals surface area (Å²) in [7, 11) is 0. The monoisotopic (exact) mass is 465 g/mol. The Hall–Kier alpha value is -2.65. The van der Waals surface area contributed by atoms with Crippen molar-refractivity contribution < 1.29 is 23.6 Å². The molecular weight excluding hydrogens is 426 g/mol. The molecular formula is C23H39N5O5. The molecule has 1 atom stereocenters. The highest BCUT2D eigenvalue weighted by atomic mass is 16.5. The van der Waals surface area contributed by atoms with E-state index in [4.69, 9.17) is 9.26 Å². The topological polar surface area (TPSA) is 135 Å². The van der Waals surface area contributed by atoms with Gasteiger partial charge >= 0.3 is 6.09 Å². The number of rotatable bonds is 11. The summed E-state index contributed by atoms with van der Waals surface area (Å²) in [4.78, 5) is 40.5. The van der Waals surface area contributed by atoms with Crippen LogP contribution in [-0.2, 0) is 26.3 Å². The molecule has 1 unspecified atom stereocenters. The minimum absolute atomic E-state index is 0.116. The summed E-state index contributed by atoms with van der Waals surface area (Å²) >= 11 is 0. The van der Waals surface area contributed by atoms with Crippen LogP contribution in [0, 0.1) is 5.92 Å². The third-order valence-electron chi connectivity index (χ3n) is 5.73. The molecule has 186 valence electrons. The maximum Gasteiger partial charge on any atom is 0.407 e. The Labute approximate surface area is 196 Å². The van der Waals surface area contributed by atoms with Gasteiger partial charge in [-0.25, -0.2) is 4.79 Å². The average Bonchev–Trinajstić information content (AvgIpc) is 3.10. The van der Waals surface area contributed by atoms with Crippen LogP contribution in [-0.4, -0.2) is 47.2 Å². The molecule has 33 heavy (non-hydrogen) atoms. The number of ether oxygens (including phenoxy) is 1. The molecule has 0 aromatic carbocycles. The van der Waals surface area contributed by atoms with E-state index in [1.807, 2.05) is 0 Å². The maximum atomic E-state index is 12.4. The lowest BCUT2D eigenvalue weighted by molar-refractivity contribution is -0.122. The average molecular weight is 466 g/mol. The highest BCUT2D eigenvalue weighted by molar-refractivity contribution is 5.76. The molecule has 0 radical (unpaired) electrons. The van der Waals surface area contributed by atoms with E-state index in [1.54, 1.807) is 6.92 Å². The zero-order valence-electron chi connectivity index (χ0n) is 20.4. The van der Waals surface area contributed by atoms with Crippen LogP contribution in [0.3, 0.4) is 0 Å². The van der Waals surface area contributed by atoms with Gasteiger partial charge < -0.3 is 25.2 Å². The van der Waals surface area contributed by atoms with E-state index in [9.17, 15) is 14.4 Å². The lowest BCUT2D eigenvalue weighted by atomic mass is 9.89. The van der Waals surface area contributed by atoms with Crippen LogP contribution in [0.5, 0.6) is 0 Å². The Morgan fingerprint density at radius 2 is 1.85 bits per heavy atom. The van der Waals surface area contributed by atoms with Gasteiger partial charge in [-0.3, -0.25) is 9.59 Å². The van der Waals surface area contributed by atoms with Crippen LogP contribution < -0.4 is 16.0 Å². The van der Waals surface area contributed by atoms with Crippen LogP contribution in [0.2, 0.25) is 0 Å². The van der Waals surface area contributed by atoms with Gasteiger partial charge in [0.1, 0.15) is 5.54 Å². The van der Waals surface area contributed by atoms with Crippen molar-refractivity contribution in [2.45, 2.75) is 97.1 Å². The molecule has 2 rings (SSSR count). The molecule has 0 aliphatic heterocycles. The van der Waals surface area contributed by atoms with Gasteiger partial charge in [-0.05, 0) is 32.1 Å². The number of hydrogen-bond acceptors (Lipinski definition) is 7. The first kappa shape index (κ1) is 26.6. The minimum atomic E-state index is -0.602. The fraction of sp³-hybridized carbons (Fsp3) is 0.783. The Kier molecular flexibility index (Phi) is 10.6. The van der Waals surface area contributed by atoms with Crippen molar-refractivity contribution in [3.63, 3.8) is 0 Å². The lowest BCUT2D eigenvalue weighted by Gasteiger charge is -2.30. The largest absolute Gasteiger partial charge is 0.450 e. The van der Waals surface area contributed by atoms with E-state index in [0.29, 0.717) is 37.2 Å². The molecule has 1 saturated carbocycles. The number of aromatic nitrogens is 2. The normalized spacial score (nSPS) is 16.5.